The number of benzene rings is 2. The topological polar surface area (TPSA) is 146 Å². The van der Waals surface area contributed by atoms with Crippen LogP contribution in [-0.4, -0.2) is 151 Å². The van der Waals surface area contributed by atoms with Gasteiger partial charge in [0.1, 0.15) is 5.75 Å². The number of amides is 4. The maximum Gasteiger partial charge on any atom is 0.410 e. The van der Waals surface area contributed by atoms with E-state index >= 15 is 0 Å². The Morgan fingerprint density at radius 1 is 0.904 bits per heavy atom. The van der Waals surface area contributed by atoms with Crippen molar-refractivity contribution in [2.75, 3.05) is 78.3 Å². The highest BCUT2D eigenvalue weighted by Crippen LogP contribution is 2.34. The van der Waals surface area contributed by atoms with Gasteiger partial charge in [0.25, 0.3) is 16.1 Å². The maximum absolute atomic E-state index is 14.1. The van der Waals surface area contributed by atoms with Crippen molar-refractivity contribution in [1.82, 2.24) is 28.2 Å². The van der Waals surface area contributed by atoms with Crippen LogP contribution in [0.3, 0.4) is 0 Å². The number of phenolic OH excluding ortho intramolecular Hbond substituents is 1. The molecule has 2 aromatic rings. The third-order valence-electron chi connectivity index (χ3n) is 10.7. The second-order valence-electron chi connectivity index (χ2n) is 14.0. The number of ether oxygens (including phenoxy) is 1. The van der Waals surface area contributed by atoms with Gasteiger partial charge in [0.15, 0.2) is 6.10 Å². The maximum atomic E-state index is 14.1. The van der Waals surface area contributed by atoms with E-state index in [9.17, 15) is 27.9 Å². The number of halogens is 2. The zero-order chi connectivity index (χ0) is 37.2. The van der Waals surface area contributed by atoms with Gasteiger partial charge < -0.3 is 29.9 Å². The minimum absolute atomic E-state index is 0.0239. The number of para-hydroxylation sites is 1. The van der Waals surface area contributed by atoms with Crippen molar-refractivity contribution in [3.63, 3.8) is 0 Å². The first kappa shape index (κ1) is 38.8. The summed E-state index contributed by atoms with van der Waals surface area (Å²) in [6, 6.07) is 11.3. The van der Waals surface area contributed by atoms with Crippen molar-refractivity contribution in [2.45, 2.75) is 56.7 Å². The summed E-state index contributed by atoms with van der Waals surface area (Å²) in [5.41, 5.74) is 2.64. The third-order valence-corrected chi connectivity index (χ3v) is 13.8. The molecule has 0 aliphatic carbocycles. The highest BCUT2D eigenvalue weighted by molar-refractivity contribution is 9.11. The molecule has 3 fully saturated rings. The number of nitrogens with zero attached hydrogens (tertiary/aromatic N) is 6. The lowest BCUT2D eigenvalue weighted by Gasteiger charge is -2.43. The summed E-state index contributed by atoms with van der Waals surface area (Å²) in [4.78, 5) is 48.4. The van der Waals surface area contributed by atoms with Crippen LogP contribution in [0.25, 0.3) is 0 Å². The number of piperazine rings is 1. The molecule has 284 valence electrons. The molecule has 0 bridgehead atoms. The summed E-state index contributed by atoms with van der Waals surface area (Å²) in [6.45, 7) is 4.47. The van der Waals surface area contributed by atoms with Crippen molar-refractivity contribution in [1.29, 1.82) is 0 Å². The van der Waals surface area contributed by atoms with E-state index in [-0.39, 0.29) is 36.2 Å². The summed E-state index contributed by atoms with van der Waals surface area (Å²) in [6.07, 6.45) is 1.87. The van der Waals surface area contributed by atoms with Gasteiger partial charge in [-0.2, -0.15) is 17.0 Å². The number of carbonyl (C=O) groups is 3. The van der Waals surface area contributed by atoms with Gasteiger partial charge >= 0.3 is 12.1 Å². The molecule has 2 aromatic carbocycles. The summed E-state index contributed by atoms with van der Waals surface area (Å²) in [5, 5.41) is 13.3. The number of phenols is 1. The predicted molar refractivity (Wildman–Crippen MR) is 203 cm³/mol. The largest absolute Gasteiger partial charge is 0.506 e. The lowest BCUT2D eigenvalue weighted by atomic mass is 10.0. The van der Waals surface area contributed by atoms with Crippen LogP contribution in [-0.2, 0) is 32.6 Å². The summed E-state index contributed by atoms with van der Waals surface area (Å²) in [5.74, 6) is -0.236. The van der Waals surface area contributed by atoms with E-state index in [1.54, 1.807) is 21.9 Å². The zero-order valence-electron chi connectivity index (χ0n) is 29.5. The SMILES string of the molecule is CN(C)S(=O)(=O)N1CCN(C2CCN(C(=O)[C@@H](Cc3cc(Br)c(O)c(Br)c3)OC(=O)N3CCC(N4CCc5ccccc5NC4=O)CC3)CC2)CC1. The van der Waals surface area contributed by atoms with E-state index in [4.69, 9.17) is 4.74 Å². The molecule has 14 nitrogen and oxygen atoms in total. The number of anilines is 1. The van der Waals surface area contributed by atoms with Crippen LogP contribution in [0.2, 0.25) is 0 Å². The van der Waals surface area contributed by atoms with Crippen molar-refractivity contribution >= 4 is 65.8 Å². The molecule has 0 spiro atoms. The molecule has 52 heavy (non-hydrogen) atoms. The lowest BCUT2D eigenvalue weighted by molar-refractivity contribution is -0.142. The smallest absolute Gasteiger partial charge is 0.410 e. The molecule has 0 radical (unpaired) electrons. The molecule has 0 aromatic heterocycles. The average molecular weight is 870 g/mol. The van der Waals surface area contributed by atoms with Gasteiger partial charge in [-0.25, -0.2) is 9.59 Å². The Hall–Kier alpha value is -2.96. The first-order valence-corrected chi connectivity index (χ1v) is 20.8. The van der Waals surface area contributed by atoms with Crippen molar-refractivity contribution in [3.05, 3.63) is 56.5 Å². The molecule has 2 N–H and O–H groups in total. The number of nitrogens with one attached hydrogen (secondary N) is 1. The molecule has 4 aliphatic heterocycles. The van der Waals surface area contributed by atoms with Gasteiger partial charge in [-0.1, -0.05) is 18.2 Å². The molecule has 6 rings (SSSR count). The molecule has 0 saturated carbocycles. The van der Waals surface area contributed by atoms with E-state index in [1.807, 2.05) is 29.2 Å². The van der Waals surface area contributed by atoms with Crippen LogP contribution in [0.4, 0.5) is 15.3 Å². The van der Waals surface area contributed by atoms with Crippen molar-refractivity contribution < 1.29 is 32.6 Å². The molecule has 4 aliphatic rings. The van der Waals surface area contributed by atoms with E-state index < -0.39 is 22.4 Å². The quantitative estimate of drug-likeness (QED) is 0.406. The monoisotopic (exact) mass is 867 g/mol. The summed E-state index contributed by atoms with van der Waals surface area (Å²) < 4.78 is 34.8. The Morgan fingerprint density at radius 2 is 1.50 bits per heavy atom. The van der Waals surface area contributed by atoms with Crippen LogP contribution >= 0.6 is 31.9 Å². The number of rotatable bonds is 8. The minimum Gasteiger partial charge on any atom is -0.506 e. The van der Waals surface area contributed by atoms with Crippen LogP contribution < -0.4 is 5.32 Å². The fourth-order valence-corrected chi connectivity index (χ4v) is 9.98. The number of likely N-dealkylation sites (tertiary alicyclic amines) is 2. The highest BCUT2D eigenvalue weighted by Gasteiger charge is 2.37. The minimum atomic E-state index is -3.45. The number of aromatic hydroxyl groups is 1. The second kappa shape index (κ2) is 16.6. The Labute approximate surface area is 322 Å². The fourth-order valence-electron chi connectivity index (χ4n) is 7.61. The van der Waals surface area contributed by atoms with E-state index in [1.165, 1.54) is 22.7 Å². The van der Waals surface area contributed by atoms with Crippen LogP contribution in [0, 0.1) is 0 Å². The number of piperidine rings is 2. The van der Waals surface area contributed by atoms with E-state index in [0.717, 1.165) is 30.5 Å². The molecule has 4 heterocycles. The van der Waals surface area contributed by atoms with Gasteiger partial charge in [0.05, 0.1) is 8.95 Å². The average Bonchev–Trinajstić information content (AvgIpc) is 3.31. The Morgan fingerprint density at radius 3 is 2.13 bits per heavy atom. The number of carbonyl (C=O) groups excluding carboxylic acids is 3. The summed E-state index contributed by atoms with van der Waals surface area (Å²) in [7, 11) is -0.373. The zero-order valence-corrected chi connectivity index (χ0v) is 33.5. The van der Waals surface area contributed by atoms with Gasteiger partial charge in [-0.3, -0.25) is 9.69 Å². The van der Waals surface area contributed by atoms with Crippen LogP contribution in [0.1, 0.15) is 36.8 Å². The highest BCUT2D eigenvalue weighted by atomic mass is 79.9. The first-order valence-electron chi connectivity index (χ1n) is 17.8. The van der Waals surface area contributed by atoms with Crippen LogP contribution in [0.15, 0.2) is 45.3 Å². The molecule has 17 heteroatoms. The van der Waals surface area contributed by atoms with Crippen molar-refractivity contribution in [2.24, 2.45) is 0 Å². The Balaban J connectivity index is 1.06. The van der Waals surface area contributed by atoms with E-state index in [2.05, 4.69) is 42.1 Å². The number of hydrogen-bond acceptors (Lipinski definition) is 8. The van der Waals surface area contributed by atoms with Crippen LogP contribution in [0.5, 0.6) is 5.75 Å². The lowest BCUT2D eigenvalue weighted by Crippen LogP contribution is -2.57. The standard InChI is InChI=1S/C35H47Br2N7O7S/c1-39(2)52(49,50)43-19-17-40(18-20-43)26-8-12-41(13-9-26)33(46)31(23-24-21-28(36)32(45)29(37)22-24)51-35(48)42-14-10-27(11-15-42)44-16-7-25-5-3-4-6-30(25)38-34(44)47/h3-6,21-22,26-27,31,45H,7-20,23H2,1-2H3,(H,38,47)/t31-/m1/s1. The van der Waals surface area contributed by atoms with Gasteiger partial charge in [-0.15, -0.1) is 0 Å². The predicted octanol–water partition coefficient (Wildman–Crippen LogP) is 3.93. The molecule has 1 atom stereocenters. The molecule has 4 amide bonds. The molecule has 0 unspecified atom stereocenters. The third kappa shape index (κ3) is 8.70. The fraction of sp³-hybridized carbons (Fsp3) is 0.571. The molecular formula is C35H47Br2N7O7S. The Bertz CT molecular complexity index is 1720. The molecule has 3 saturated heterocycles. The van der Waals surface area contributed by atoms with Crippen molar-refractivity contribution in [3.8, 4) is 5.75 Å². The number of urea groups is 1. The van der Waals surface area contributed by atoms with Gasteiger partial charge in [-0.05, 0) is 93.3 Å². The summed E-state index contributed by atoms with van der Waals surface area (Å²) >= 11 is 6.74. The molecular weight excluding hydrogens is 822 g/mol. The second-order valence-corrected chi connectivity index (χ2v) is 17.9. The number of fused-ring (bicyclic) bond motifs is 1. The normalized spacial score (nSPS) is 20.7. The van der Waals surface area contributed by atoms with E-state index in [0.29, 0.717) is 86.3 Å². The number of hydrogen-bond donors (Lipinski definition) is 2. The van der Waals surface area contributed by atoms with Gasteiger partial charge in [0.2, 0.25) is 0 Å². The first-order chi connectivity index (χ1) is 24.8. The Kier molecular flexibility index (Phi) is 12.4. The van der Waals surface area contributed by atoms with Gasteiger partial charge in [0, 0.05) is 97.2 Å².